The summed E-state index contributed by atoms with van der Waals surface area (Å²) in [6, 6.07) is 8.08. The second kappa shape index (κ2) is 6.18. The van der Waals surface area contributed by atoms with E-state index in [4.69, 9.17) is 0 Å². The van der Waals surface area contributed by atoms with Crippen LogP contribution in [-0.4, -0.2) is 15.5 Å². The van der Waals surface area contributed by atoms with Crippen LogP contribution in [0.1, 0.15) is 25.8 Å². The molecule has 0 saturated heterocycles. The van der Waals surface area contributed by atoms with Gasteiger partial charge in [-0.05, 0) is 23.6 Å². The van der Waals surface area contributed by atoms with Crippen molar-refractivity contribution < 1.29 is 4.79 Å². The number of carbonyl (C=O) groups is 1. The first-order valence-electron chi connectivity index (χ1n) is 6.49. The van der Waals surface area contributed by atoms with Crippen molar-refractivity contribution >= 4 is 5.91 Å². The number of rotatable bonds is 5. The van der Waals surface area contributed by atoms with Crippen molar-refractivity contribution in [3.05, 3.63) is 48.5 Å². The highest BCUT2D eigenvalue weighted by Gasteiger charge is 2.04. The Labute approximate surface area is 113 Å². The lowest BCUT2D eigenvalue weighted by Gasteiger charge is -2.08. The first-order valence-corrected chi connectivity index (χ1v) is 6.49. The molecule has 1 aromatic carbocycles. The fraction of sp³-hybridized carbons (Fsp3) is 0.333. The number of carbonyl (C=O) groups excluding carboxylic acids is 1. The van der Waals surface area contributed by atoms with Gasteiger partial charge in [0.15, 0.2) is 0 Å². The van der Waals surface area contributed by atoms with Gasteiger partial charge in [0.1, 0.15) is 0 Å². The molecule has 0 spiro atoms. The molecule has 2 rings (SSSR count). The van der Waals surface area contributed by atoms with Gasteiger partial charge in [-0.3, -0.25) is 4.79 Å². The van der Waals surface area contributed by atoms with Crippen molar-refractivity contribution in [3.8, 4) is 5.69 Å². The molecule has 0 bridgehead atoms. The van der Waals surface area contributed by atoms with Crippen molar-refractivity contribution in [3.63, 3.8) is 0 Å². The zero-order valence-electron chi connectivity index (χ0n) is 11.3. The molecule has 0 aliphatic rings. The van der Waals surface area contributed by atoms with Crippen molar-refractivity contribution in [1.82, 2.24) is 14.9 Å². The number of hydrogen-bond donors (Lipinski definition) is 1. The molecule has 100 valence electrons. The molecule has 0 aliphatic heterocycles. The molecule has 19 heavy (non-hydrogen) atoms. The molecule has 0 radical (unpaired) electrons. The maximum atomic E-state index is 11.6. The van der Waals surface area contributed by atoms with E-state index in [1.165, 1.54) is 0 Å². The van der Waals surface area contributed by atoms with E-state index in [-0.39, 0.29) is 5.91 Å². The highest BCUT2D eigenvalue weighted by molar-refractivity contribution is 5.76. The highest BCUT2D eigenvalue weighted by Crippen LogP contribution is 2.09. The normalized spacial score (nSPS) is 10.7. The van der Waals surface area contributed by atoms with Gasteiger partial charge >= 0.3 is 0 Å². The summed E-state index contributed by atoms with van der Waals surface area (Å²) in [5.74, 6) is 0.498. The molecule has 1 heterocycles. The Morgan fingerprint density at radius 3 is 2.63 bits per heavy atom. The van der Waals surface area contributed by atoms with E-state index < -0.39 is 0 Å². The van der Waals surface area contributed by atoms with Gasteiger partial charge in [0.05, 0.1) is 6.33 Å². The molecular weight excluding hydrogens is 238 g/mol. The SMILES string of the molecule is CC(C)CC(=O)NCc1ccc(-n2ccnc2)cc1. The van der Waals surface area contributed by atoms with E-state index in [2.05, 4.69) is 10.3 Å². The summed E-state index contributed by atoms with van der Waals surface area (Å²) in [6.45, 7) is 4.66. The van der Waals surface area contributed by atoms with Crippen LogP contribution in [0, 0.1) is 5.92 Å². The van der Waals surface area contributed by atoms with Gasteiger partial charge in [-0.1, -0.05) is 26.0 Å². The number of amides is 1. The topological polar surface area (TPSA) is 46.9 Å². The zero-order valence-corrected chi connectivity index (χ0v) is 11.3. The van der Waals surface area contributed by atoms with E-state index in [1.54, 1.807) is 12.5 Å². The minimum atomic E-state index is 0.105. The lowest BCUT2D eigenvalue weighted by Crippen LogP contribution is -2.23. The number of aromatic nitrogens is 2. The molecule has 2 aromatic rings. The smallest absolute Gasteiger partial charge is 0.220 e. The summed E-state index contributed by atoms with van der Waals surface area (Å²) < 4.78 is 1.95. The lowest BCUT2D eigenvalue weighted by molar-refractivity contribution is -0.121. The van der Waals surface area contributed by atoms with Crippen molar-refractivity contribution in [2.24, 2.45) is 5.92 Å². The van der Waals surface area contributed by atoms with Gasteiger partial charge in [0, 0.05) is 31.0 Å². The maximum absolute atomic E-state index is 11.6. The highest BCUT2D eigenvalue weighted by atomic mass is 16.1. The van der Waals surface area contributed by atoms with Crippen molar-refractivity contribution in [2.45, 2.75) is 26.8 Å². The summed E-state index contributed by atoms with van der Waals surface area (Å²) in [5, 5.41) is 2.93. The molecule has 0 fully saturated rings. The van der Waals surface area contributed by atoms with Gasteiger partial charge in [-0.25, -0.2) is 4.98 Å². The molecule has 0 atom stereocenters. The predicted octanol–water partition coefficient (Wildman–Crippen LogP) is 2.53. The van der Waals surface area contributed by atoms with Gasteiger partial charge in [-0.2, -0.15) is 0 Å². The summed E-state index contributed by atoms with van der Waals surface area (Å²) in [7, 11) is 0. The van der Waals surface area contributed by atoms with Crippen LogP contribution in [0.25, 0.3) is 5.69 Å². The van der Waals surface area contributed by atoms with Crippen molar-refractivity contribution in [2.75, 3.05) is 0 Å². The molecule has 1 aromatic heterocycles. The lowest BCUT2D eigenvalue weighted by atomic mass is 10.1. The second-order valence-corrected chi connectivity index (χ2v) is 5.01. The van der Waals surface area contributed by atoms with Crippen LogP contribution in [0.3, 0.4) is 0 Å². The number of imidazole rings is 1. The van der Waals surface area contributed by atoms with Gasteiger partial charge in [-0.15, -0.1) is 0 Å². The molecule has 0 aliphatic carbocycles. The van der Waals surface area contributed by atoms with Gasteiger partial charge < -0.3 is 9.88 Å². The van der Waals surface area contributed by atoms with Crippen LogP contribution in [0.4, 0.5) is 0 Å². The molecule has 4 nitrogen and oxygen atoms in total. The number of benzene rings is 1. The minimum Gasteiger partial charge on any atom is -0.352 e. The molecule has 0 saturated carbocycles. The Bertz CT molecular complexity index is 515. The van der Waals surface area contributed by atoms with E-state index in [0.29, 0.717) is 18.9 Å². The Hall–Kier alpha value is -2.10. The van der Waals surface area contributed by atoms with Crippen LogP contribution < -0.4 is 5.32 Å². The van der Waals surface area contributed by atoms with Crippen LogP contribution in [0.15, 0.2) is 43.0 Å². The monoisotopic (exact) mass is 257 g/mol. The van der Waals surface area contributed by atoms with E-state index in [0.717, 1.165) is 11.3 Å². The second-order valence-electron chi connectivity index (χ2n) is 5.01. The predicted molar refractivity (Wildman–Crippen MR) is 74.9 cm³/mol. The van der Waals surface area contributed by atoms with Crippen molar-refractivity contribution in [1.29, 1.82) is 0 Å². The summed E-state index contributed by atoms with van der Waals surface area (Å²) >= 11 is 0. The average molecular weight is 257 g/mol. The van der Waals surface area contributed by atoms with Crippen LogP contribution in [0.5, 0.6) is 0 Å². The van der Waals surface area contributed by atoms with E-state index in [9.17, 15) is 4.79 Å². The Kier molecular flexibility index (Phi) is 4.34. The van der Waals surface area contributed by atoms with Crippen LogP contribution >= 0.6 is 0 Å². The van der Waals surface area contributed by atoms with E-state index >= 15 is 0 Å². The number of hydrogen-bond acceptors (Lipinski definition) is 2. The largest absolute Gasteiger partial charge is 0.352 e. The number of nitrogens with one attached hydrogen (secondary N) is 1. The summed E-state index contributed by atoms with van der Waals surface area (Å²) in [5.41, 5.74) is 2.16. The summed E-state index contributed by atoms with van der Waals surface area (Å²) in [6.07, 6.45) is 5.99. The average Bonchev–Trinajstić information content (AvgIpc) is 2.90. The Morgan fingerprint density at radius 1 is 1.32 bits per heavy atom. The minimum absolute atomic E-state index is 0.105. The van der Waals surface area contributed by atoms with Gasteiger partial charge in [0.2, 0.25) is 5.91 Å². The van der Waals surface area contributed by atoms with Crippen LogP contribution in [0.2, 0.25) is 0 Å². The molecule has 4 heteroatoms. The summed E-state index contributed by atoms with van der Waals surface area (Å²) in [4.78, 5) is 15.6. The third-order valence-electron chi connectivity index (χ3n) is 2.82. The zero-order chi connectivity index (χ0) is 13.7. The quantitative estimate of drug-likeness (QED) is 0.894. The molecule has 1 N–H and O–H groups in total. The third-order valence-corrected chi connectivity index (χ3v) is 2.82. The van der Waals surface area contributed by atoms with E-state index in [1.807, 2.05) is 48.9 Å². The molecule has 0 unspecified atom stereocenters. The Balaban J connectivity index is 1.91. The fourth-order valence-corrected chi connectivity index (χ4v) is 1.84. The first kappa shape index (κ1) is 13.3. The first-order chi connectivity index (χ1) is 9.15. The van der Waals surface area contributed by atoms with Gasteiger partial charge in [0.25, 0.3) is 0 Å². The molecule has 1 amide bonds. The number of nitrogens with zero attached hydrogens (tertiary/aromatic N) is 2. The maximum Gasteiger partial charge on any atom is 0.220 e. The molecular formula is C15H19N3O. The third kappa shape index (κ3) is 3.95. The fourth-order valence-electron chi connectivity index (χ4n) is 1.84. The standard InChI is InChI=1S/C15H19N3O/c1-12(2)9-15(19)17-10-13-3-5-14(6-4-13)18-8-7-16-11-18/h3-8,11-12H,9-10H2,1-2H3,(H,17,19). The Morgan fingerprint density at radius 2 is 2.05 bits per heavy atom. The van der Waals surface area contributed by atoms with Crippen LogP contribution in [-0.2, 0) is 11.3 Å².